The molecule has 0 bridgehead atoms. The molecule has 1 fully saturated rings. The first kappa shape index (κ1) is 47.8. The molecule has 1 heterocycles. The van der Waals surface area contributed by atoms with E-state index in [0.717, 1.165) is 32.2 Å². The third kappa shape index (κ3) is 35.1. The third-order valence-corrected chi connectivity index (χ3v) is 5.61. The predicted molar refractivity (Wildman–Crippen MR) is 166 cm³/mol. The number of carboxylic acids is 5. The van der Waals surface area contributed by atoms with Crippen molar-refractivity contribution in [2.45, 2.75) is 95.4 Å². The van der Waals surface area contributed by atoms with E-state index in [4.69, 9.17) is 59.9 Å². The standard InChI is InChI=1S/C6H14N2O2.C6H13NO2.C5H10N2O3.C5H9NO2.C3H7NO2S/c7-4-2-1-3-5(8)6(9)10;1-4(2)3-5(7)6(8)9;6-3(5(9)10)1-2-4(7)8;7-5(8)4-2-1-3-6-4;4-2(1-7)3(5)6/h5H,1-4,7-8H2,(H,9,10);4-5H,3,7H2,1-2H3,(H,8,9);3H,1-2,6H2,(H2,7,8)(H,9,10);4,6H,1-3H2,(H,7,8);2,7H,1,4H2,(H,5,6)/t;;;4-;/m...0./s1. The van der Waals surface area contributed by atoms with Gasteiger partial charge in [-0.1, -0.05) is 20.3 Å². The van der Waals surface area contributed by atoms with Gasteiger partial charge in [-0.2, -0.15) is 12.6 Å². The lowest BCUT2D eigenvalue weighted by Gasteiger charge is -2.07. The Balaban J connectivity index is -0.000000228. The van der Waals surface area contributed by atoms with Crippen molar-refractivity contribution in [3.8, 4) is 0 Å². The van der Waals surface area contributed by atoms with E-state index in [1.807, 2.05) is 13.8 Å². The van der Waals surface area contributed by atoms with E-state index in [-0.39, 0.29) is 24.6 Å². The van der Waals surface area contributed by atoms with Gasteiger partial charge in [-0.25, -0.2) is 0 Å². The van der Waals surface area contributed by atoms with Gasteiger partial charge in [0.1, 0.15) is 30.2 Å². The smallest absolute Gasteiger partial charge is 0.321 e. The van der Waals surface area contributed by atoms with Crippen LogP contribution < -0.4 is 39.7 Å². The molecule has 19 heteroatoms. The number of carbonyl (C=O) groups excluding carboxylic acids is 1. The summed E-state index contributed by atoms with van der Waals surface area (Å²) in [6.45, 7) is 5.36. The number of amides is 1. The Morgan fingerprint density at radius 3 is 1.45 bits per heavy atom. The minimum Gasteiger partial charge on any atom is -0.480 e. The minimum atomic E-state index is -1.11. The van der Waals surface area contributed by atoms with E-state index in [1.54, 1.807) is 0 Å². The number of thiol groups is 1. The number of hydrogen-bond acceptors (Lipinski definition) is 13. The van der Waals surface area contributed by atoms with Crippen molar-refractivity contribution in [1.29, 1.82) is 0 Å². The van der Waals surface area contributed by atoms with Crippen LogP contribution in [0.25, 0.3) is 0 Å². The normalized spacial score (nSPS) is 15.9. The van der Waals surface area contributed by atoms with Crippen LogP contribution >= 0.6 is 12.6 Å². The quantitative estimate of drug-likeness (QED) is 0.0654. The topological polar surface area (TPSA) is 372 Å². The Morgan fingerprint density at radius 2 is 1.23 bits per heavy atom. The fourth-order valence-corrected chi connectivity index (χ4v) is 2.79. The van der Waals surface area contributed by atoms with Crippen molar-refractivity contribution in [3.05, 3.63) is 0 Å². The molecule has 0 spiro atoms. The van der Waals surface area contributed by atoms with Crippen molar-refractivity contribution < 1.29 is 54.3 Å². The van der Waals surface area contributed by atoms with Crippen molar-refractivity contribution in [1.82, 2.24) is 5.32 Å². The second-order valence-electron chi connectivity index (χ2n) is 9.87. The molecular weight excluding hydrogens is 606 g/mol. The first-order valence-electron chi connectivity index (χ1n) is 13.7. The van der Waals surface area contributed by atoms with Crippen LogP contribution in [0.1, 0.15) is 65.2 Å². The van der Waals surface area contributed by atoms with Gasteiger partial charge in [0.05, 0.1) is 0 Å². The highest BCUT2D eigenvalue weighted by Gasteiger charge is 2.20. The van der Waals surface area contributed by atoms with Crippen LogP contribution in [0.2, 0.25) is 0 Å². The lowest BCUT2D eigenvalue weighted by molar-refractivity contribution is -0.139. The Morgan fingerprint density at radius 1 is 0.773 bits per heavy atom. The number of nitrogens with one attached hydrogen (secondary N) is 1. The van der Waals surface area contributed by atoms with Crippen LogP contribution in [-0.2, 0) is 28.8 Å². The summed E-state index contributed by atoms with van der Waals surface area (Å²) in [7, 11) is 0. The van der Waals surface area contributed by atoms with Gasteiger partial charge in [-0.15, -0.1) is 0 Å². The van der Waals surface area contributed by atoms with Gasteiger partial charge in [0.2, 0.25) is 5.91 Å². The number of nitrogens with two attached hydrogens (primary N) is 6. The molecule has 44 heavy (non-hydrogen) atoms. The monoisotopic (exact) mass is 659 g/mol. The first-order chi connectivity index (χ1) is 20.2. The molecule has 1 aliphatic rings. The van der Waals surface area contributed by atoms with Crippen molar-refractivity contribution in [3.63, 3.8) is 0 Å². The van der Waals surface area contributed by atoms with Gasteiger partial charge >= 0.3 is 29.8 Å². The van der Waals surface area contributed by atoms with Crippen molar-refractivity contribution in [2.75, 3.05) is 18.8 Å². The Hall–Kier alpha value is -3.07. The van der Waals surface area contributed by atoms with Crippen LogP contribution in [0.15, 0.2) is 0 Å². The summed E-state index contributed by atoms with van der Waals surface area (Å²) in [5.74, 6) is -4.66. The van der Waals surface area contributed by atoms with Gasteiger partial charge in [0, 0.05) is 12.2 Å². The molecule has 0 aromatic heterocycles. The second kappa shape index (κ2) is 30.0. The van der Waals surface area contributed by atoms with Crippen LogP contribution in [0, 0.1) is 5.92 Å². The van der Waals surface area contributed by atoms with E-state index in [0.29, 0.717) is 25.3 Å². The number of hydrogen-bond donors (Lipinski definition) is 13. The Kier molecular flexibility index (Phi) is 32.6. The summed E-state index contributed by atoms with van der Waals surface area (Å²) >= 11 is 3.65. The fourth-order valence-electron chi connectivity index (χ4n) is 2.64. The van der Waals surface area contributed by atoms with E-state index in [2.05, 4.69) is 17.9 Å². The van der Waals surface area contributed by atoms with E-state index >= 15 is 0 Å². The maximum atomic E-state index is 10.1. The van der Waals surface area contributed by atoms with Crippen molar-refractivity contribution in [2.24, 2.45) is 40.3 Å². The first-order valence-corrected chi connectivity index (χ1v) is 14.4. The molecule has 4 unspecified atom stereocenters. The number of unbranched alkanes of at least 4 members (excludes halogenated alkanes) is 1. The molecule has 1 rings (SSSR count). The van der Waals surface area contributed by atoms with Crippen LogP contribution in [0.5, 0.6) is 0 Å². The van der Waals surface area contributed by atoms with Crippen molar-refractivity contribution >= 4 is 48.4 Å². The molecule has 260 valence electrons. The fraction of sp³-hybridized carbons (Fsp3) is 0.760. The molecule has 1 amide bonds. The molecule has 1 saturated heterocycles. The largest absolute Gasteiger partial charge is 0.480 e. The van der Waals surface area contributed by atoms with Gasteiger partial charge in [-0.3, -0.25) is 28.8 Å². The second-order valence-corrected chi connectivity index (χ2v) is 10.2. The maximum Gasteiger partial charge on any atom is 0.321 e. The number of primary amides is 1. The summed E-state index contributed by atoms with van der Waals surface area (Å²) in [5.41, 5.74) is 30.4. The van der Waals surface area contributed by atoms with E-state index in [1.165, 1.54) is 0 Å². The van der Waals surface area contributed by atoms with Crippen LogP contribution in [0.3, 0.4) is 0 Å². The highest BCUT2D eigenvalue weighted by atomic mass is 32.1. The van der Waals surface area contributed by atoms with Crippen LogP contribution in [-0.4, -0.2) is 110 Å². The number of carbonyl (C=O) groups is 6. The maximum absolute atomic E-state index is 10.1. The number of rotatable bonds is 15. The number of aliphatic carboxylic acids is 5. The van der Waals surface area contributed by atoms with Crippen LogP contribution in [0.4, 0.5) is 0 Å². The lowest BCUT2D eigenvalue weighted by atomic mass is 10.1. The zero-order chi connectivity index (χ0) is 35.4. The average molecular weight is 660 g/mol. The Labute approximate surface area is 262 Å². The lowest BCUT2D eigenvalue weighted by Crippen LogP contribution is -2.31. The molecule has 1 aliphatic heterocycles. The summed E-state index contributed by atoms with van der Waals surface area (Å²) in [5, 5.41) is 44.1. The molecule has 18 nitrogen and oxygen atoms in total. The minimum absolute atomic E-state index is 0.0213. The molecule has 0 aromatic rings. The van der Waals surface area contributed by atoms with Gasteiger partial charge < -0.3 is 65.3 Å². The Bertz CT molecular complexity index is 832. The highest BCUT2D eigenvalue weighted by molar-refractivity contribution is 7.80. The van der Waals surface area contributed by atoms with Gasteiger partial charge in [0.15, 0.2) is 0 Å². The molecule has 5 atom stereocenters. The zero-order valence-electron chi connectivity index (χ0n) is 25.3. The van der Waals surface area contributed by atoms with Gasteiger partial charge in [0.25, 0.3) is 0 Å². The number of carboxylic acid groups (broad SMARTS) is 5. The molecule has 0 radical (unpaired) electrons. The molecular formula is C25H53N7O11S. The molecule has 18 N–H and O–H groups in total. The molecule has 0 aliphatic carbocycles. The average Bonchev–Trinajstić information content (AvgIpc) is 3.48. The third-order valence-electron chi connectivity index (χ3n) is 5.22. The molecule has 0 aromatic carbocycles. The zero-order valence-corrected chi connectivity index (χ0v) is 26.2. The summed E-state index contributed by atoms with van der Waals surface area (Å²) in [4.78, 5) is 60.3. The summed E-state index contributed by atoms with van der Waals surface area (Å²) in [6, 6.07) is -3.47. The summed E-state index contributed by atoms with van der Waals surface area (Å²) < 4.78 is 0. The SMILES string of the molecule is CC(C)CC(N)C(=O)O.NC(=O)CCC(N)C(=O)O.NC(CS)C(=O)O.NCCCCC(N)C(=O)O.O=C(O)[C@@H]1CCCN1. The van der Waals surface area contributed by atoms with Gasteiger partial charge in [-0.05, 0) is 57.5 Å². The van der Waals surface area contributed by atoms with E-state index < -0.39 is 59.9 Å². The molecule has 0 saturated carbocycles. The summed E-state index contributed by atoms with van der Waals surface area (Å²) in [6.07, 6.45) is 4.62. The predicted octanol–water partition coefficient (Wildman–Crippen LogP) is -2.21. The highest BCUT2D eigenvalue weighted by Crippen LogP contribution is 2.03. The van der Waals surface area contributed by atoms with E-state index in [9.17, 15) is 28.8 Å².